The smallest absolute Gasteiger partial charge is 0.311 e. The third-order valence-electron chi connectivity index (χ3n) is 5.40. The first kappa shape index (κ1) is 17.5. The molecule has 8 heteroatoms. The number of carboxylic acid groups (broad SMARTS) is 1. The molecule has 0 aromatic rings. The molecule has 0 aliphatic carbocycles. The van der Waals surface area contributed by atoms with Crippen LogP contribution in [0.5, 0.6) is 0 Å². The number of thioether (sulfide) groups is 1. The maximum Gasteiger partial charge on any atom is 0.311 e. The Bertz CT molecular complexity index is 543. The average molecular weight is 356 g/mol. The summed E-state index contributed by atoms with van der Waals surface area (Å²) in [6.07, 6.45) is 1.64. The van der Waals surface area contributed by atoms with Gasteiger partial charge in [0.15, 0.2) is 0 Å². The third kappa shape index (κ3) is 2.90. The van der Waals surface area contributed by atoms with Crippen LogP contribution in [0.2, 0.25) is 0 Å². The van der Waals surface area contributed by atoms with Crippen LogP contribution in [0.4, 0.5) is 0 Å². The van der Waals surface area contributed by atoms with Crippen molar-refractivity contribution in [3.63, 3.8) is 0 Å². The summed E-state index contributed by atoms with van der Waals surface area (Å²) >= 11 is 1.58. The zero-order valence-corrected chi connectivity index (χ0v) is 14.7. The highest BCUT2D eigenvalue weighted by atomic mass is 32.2. The van der Waals surface area contributed by atoms with Crippen LogP contribution in [-0.2, 0) is 19.1 Å². The van der Waals surface area contributed by atoms with Gasteiger partial charge in [-0.2, -0.15) is 0 Å². The quantitative estimate of drug-likeness (QED) is 0.795. The summed E-state index contributed by atoms with van der Waals surface area (Å²) < 4.78 is 5.43. The highest BCUT2D eigenvalue weighted by Gasteiger charge is 2.56. The standard InChI is InChI=1S/C16H24N2O5S/c1-2-3-13(19)18-10-24-8-12(18)14(20)17-6-11-7-23-5-4-16(11,9-17)15(21)22/h11-12H,2-10H2,1H3,(H,21,22)/t11-,12?,16+/m0/s1. The summed E-state index contributed by atoms with van der Waals surface area (Å²) in [4.78, 5) is 40.3. The molecule has 24 heavy (non-hydrogen) atoms. The lowest BCUT2D eigenvalue weighted by molar-refractivity contribution is -0.157. The van der Waals surface area contributed by atoms with Crippen molar-refractivity contribution >= 4 is 29.5 Å². The van der Waals surface area contributed by atoms with Crippen LogP contribution in [0.1, 0.15) is 26.2 Å². The van der Waals surface area contributed by atoms with Gasteiger partial charge in [-0.1, -0.05) is 6.92 Å². The topological polar surface area (TPSA) is 87.2 Å². The van der Waals surface area contributed by atoms with Gasteiger partial charge in [0, 0.05) is 37.8 Å². The fourth-order valence-corrected chi connectivity index (χ4v) is 5.10. The van der Waals surface area contributed by atoms with Gasteiger partial charge in [-0.25, -0.2) is 0 Å². The molecule has 0 radical (unpaired) electrons. The van der Waals surface area contributed by atoms with Crippen LogP contribution in [0, 0.1) is 11.3 Å². The van der Waals surface area contributed by atoms with Gasteiger partial charge >= 0.3 is 5.97 Å². The van der Waals surface area contributed by atoms with Crippen LogP contribution < -0.4 is 0 Å². The summed E-state index contributed by atoms with van der Waals surface area (Å²) in [5.74, 6) is 0.0201. The second-order valence-corrected chi connectivity index (χ2v) is 7.83. The minimum Gasteiger partial charge on any atom is -0.481 e. The molecule has 3 aliphatic rings. The fraction of sp³-hybridized carbons (Fsp3) is 0.812. The molecule has 3 saturated heterocycles. The molecule has 2 amide bonds. The summed E-state index contributed by atoms with van der Waals surface area (Å²) in [6, 6.07) is -0.457. The van der Waals surface area contributed by atoms with E-state index in [-0.39, 0.29) is 24.3 Å². The number of carbonyl (C=O) groups is 3. The fourth-order valence-electron chi connectivity index (χ4n) is 3.93. The monoisotopic (exact) mass is 356 g/mol. The Kier molecular flexibility index (Phi) is 5.05. The molecule has 0 bridgehead atoms. The molecule has 3 atom stereocenters. The Labute approximate surface area is 145 Å². The lowest BCUT2D eigenvalue weighted by Gasteiger charge is -2.34. The van der Waals surface area contributed by atoms with Gasteiger partial charge in [-0.05, 0) is 12.8 Å². The van der Waals surface area contributed by atoms with Crippen LogP contribution >= 0.6 is 11.8 Å². The Balaban J connectivity index is 1.74. The van der Waals surface area contributed by atoms with Gasteiger partial charge < -0.3 is 19.6 Å². The largest absolute Gasteiger partial charge is 0.481 e. The van der Waals surface area contributed by atoms with Crippen LogP contribution in [0.3, 0.4) is 0 Å². The predicted octanol–water partition coefficient (Wildman–Crippen LogP) is 0.638. The second-order valence-electron chi connectivity index (χ2n) is 6.83. The molecule has 3 aliphatic heterocycles. The highest BCUT2D eigenvalue weighted by molar-refractivity contribution is 7.99. The Morgan fingerprint density at radius 2 is 2.17 bits per heavy atom. The number of ether oxygens (including phenoxy) is 1. The van der Waals surface area contributed by atoms with E-state index >= 15 is 0 Å². The van der Waals surface area contributed by atoms with Crippen molar-refractivity contribution < 1.29 is 24.2 Å². The molecule has 134 valence electrons. The molecular weight excluding hydrogens is 332 g/mol. The van der Waals surface area contributed by atoms with Gasteiger partial charge in [0.1, 0.15) is 6.04 Å². The molecule has 3 heterocycles. The van der Waals surface area contributed by atoms with Crippen molar-refractivity contribution in [3.8, 4) is 0 Å². The lowest BCUT2D eigenvalue weighted by atomic mass is 9.74. The zero-order chi connectivity index (χ0) is 17.3. The zero-order valence-electron chi connectivity index (χ0n) is 13.9. The van der Waals surface area contributed by atoms with Gasteiger partial charge in [-0.15, -0.1) is 11.8 Å². The van der Waals surface area contributed by atoms with E-state index in [2.05, 4.69) is 0 Å². The molecule has 0 saturated carbocycles. The van der Waals surface area contributed by atoms with Crippen molar-refractivity contribution in [2.24, 2.45) is 11.3 Å². The molecule has 7 nitrogen and oxygen atoms in total. The summed E-state index contributed by atoms with van der Waals surface area (Å²) in [5.41, 5.74) is -0.891. The maximum absolute atomic E-state index is 13.0. The number of aliphatic carboxylic acids is 1. The number of rotatable bonds is 4. The first-order valence-corrected chi connectivity index (χ1v) is 9.62. The van der Waals surface area contributed by atoms with Crippen LogP contribution in [0.25, 0.3) is 0 Å². The van der Waals surface area contributed by atoms with Gasteiger partial charge in [0.25, 0.3) is 0 Å². The number of likely N-dealkylation sites (tertiary alicyclic amines) is 1. The number of amides is 2. The molecule has 0 spiro atoms. The molecule has 3 rings (SSSR count). The molecule has 3 fully saturated rings. The third-order valence-corrected chi connectivity index (χ3v) is 6.41. The maximum atomic E-state index is 13.0. The van der Waals surface area contributed by atoms with E-state index in [0.717, 1.165) is 6.42 Å². The summed E-state index contributed by atoms with van der Waals surface area (Å²) in [5, 5.41) is 9.71. The number of carbonyl (C=O) groups excluding carboxylic acids is 2. The number of fused-ring (bicyclic) bond motifs is 1. The lowest BCUT2D eigenvalue weighted by Crippen LogP contribution is -2.49. The van der Waals surface area contributed by atoms with E-state index in [1.807, 2.05) is 6.92 Å². The second kappa shape index (κ2) is 6.92. The molecule has 0 aromatic carbocycles. The summed E-state index contributed by atoms with van der Waals surface area (Å²) in [6.45, 7) is 3.38. The minimum atomic E-state index is -0.891. The van der Waals surface area contributed by atoms with Crippen LogP contribution in [0.15, 0.2) is 0 Å². The molecule has 1 unspecified atom stereocenters. The minimum absolute atomic E-state index is 0.00810. The van der Waals surface area contributed by atoms with E-state index in [1.165, 1.54) is 0 Å². The number of carboxylic acids is 1. The van der Waals surface area contributed by atoms with E-state index < -0.39 is 17.4 Å². The average Bonchev–Trinajstić information content (AvgIpc) is 3.19. The Morgan fingerprint density at radius 1 is 1.38 bits per heavy atom. The van der Waals surface area contributed by atoms with Crippen molar-refractivity contribution in [3.05, 3.63) is 0 Å². The van der Waals surface area contributed by atoms with Gasteiger partial charge in [0.2, 0.25) is 11.8 Å². The first-order chi connectivity index (χ1) is 11.5. The van der Waals surface area contributed by atoms with Crippen molar-refractivity contribution in [1.29, 1.82) is 0 Å². The molecular formula is C16H24N2O5S. The predicted molar refractivity (Wildman–Crippen MR) is 88.4 cm³/mol. The Morgan fingerprint density at radius 3 is 2.83 bits per heavy atom. The van der Waals surface area contributed by atoms with E-state index in [4.69, 9.17) is 4.74 Å². The van der Waals surface area contributed by atoms with E-state index in [9.17, 15) is 19.5 Å². The Hall–Kier alpha value is -1.28. The van der Waals surface area contributed by atoms with Crippen molar-refractivity contribution in [2.75, 3.05) is 37.9 Å². The SMILES string of the molecule is CCCC(=O)N1CSCC1C(=O)N1C[C@H]2COCC[C@@]2(C(=O)O)C1. The van der Waals surface area contributed by atoms with E-state index in [1.54, 1.807) is 21.6 Å². The van der Waals surface area contributed by atoms with Crippen LogP contribution in [-0.4, -0.2) is 76.7 Å². The summed E-state index contributed by atoms with van der Waals surface area (Å²) in [7, 11) is 0. The number of nitrogens with zero attached hydrogens (tertiary/aromatic N) is 2. The van der Waals surface area contributed by atoms with Gasteiger partial charge in [-0.3, -0.25) is 14.4 Å². The first-order valence-electron chi connectivity index (χ1n) is 8.46. The van der Waals surface area contributed by atoms with Crippen molar-refractivity contribution in [1.82, 2.24) is 9.80 Å². The number of hydrogen-bond donors (Lipinski definition) is 1. The highest BCUT2D eigenvalue weighted by Crippen LogP contribution is 2.43. The van der Waals surface area contributed by atoms with E-state index in [0.29, 0.717) is 44.2 Å². The molecule has 0 aromatic heterocycles. The van der Waals surface area contributed by atoms with Gasteiger partial charge in [0.05, 0.1) is 17.9 Å². The van der Waals surface area contributed by atoms with Crippen molar-refractivity contribution in [2.45, 2.75) is 32.2 Å². The normalized spacial score (nSPS) is 32.7. The molecule has 1 N–H and O–H groups in total. The number of hydrogen-bond acceptors (Lipinski definition) is 5.